The summed E-state index contributed by atoms with van der Waals surface area (Å²) in [5.41, 5.74) is 0.583. The van der Waals surface area contributed by atoms with E-state index >= 15 is 0 Å². The van der Waals surface area contributed by atoms with Crippen molar-refractivity contribution in [3.05, 3.63) is 24.5 Å². The number of rotatable bonds is 5. The summed E-state index contributed by atoms with van der Waals surface area (Å²) >= 11 is 0. The minimum absolute atomic E-state index is 0.255. The Morgan fingerprint density at radius 3 is 2.95 bits per heavy atom. The van der Waals surface area contributed by atoms with E-state index in [4.69, 9.17) is 0 Å². The van der Waals surface area contributed by atoms with Crippen molar-refractivity contribution in [1.29, 1.82) is 0 Å². The van der Waals surface area contributed by atoms with E-state index in [1.165, 1.54) is 6.20 Å². The van der Waals surface area contributed by atoms with Gasteiger partial charge in [-0.2, -0.15) is 0 Å². The van der Waals surface area contributed by atoms with Crippen molar-refractivity contribution in [3.8, 4) is 0 Å². The molecule has 0 bridgehead atoms. The molecule has 0 radical (unpaired) electrons. The van der Waals surface area contributed by atoms with E-state index in [9.17, 15) is 8.42 Å². The number of hydrogen-bond donors (Lipinski definition) is 3. The Hall–Kier alpha value is -1.48. The van der Waals surface area contributed by atoms with Crippen LogP contribution in [0.5, 0.6) is 0 Å². The first kappa shape index (κ1) is 14.5. The molecule has 1 aliphatic rings. The highest BCUT2D eigenvalue weighted by molar-refractivity contribution is 7.89. The average Bonchev–Trinajstić information content (AvgIpc) is 2.93. The number of aromatic nitrogens is 2. The monoisotopic (exact) mass is 309 g/mol. The fourth-order valence-corrected chi connectivity index (χ4v) is 3.69. The van der Waals surface area contributed by atoms with Crippen LogP contribution in [-0.2, 0) is 10.0 Å². The van der Waals surface area contributed by atoms with Gasteiger partial charge in [0.05, 0.1) is 0 Å². The van der Waals surface area contributed by atoms with Crippen molar-refractivity contribution >= 4 is 21.1 Å². The van der Waals surface area contributed by atoms with E-state index in [1.807, 2.05) is 0 Å². The summed E-state index contributed by atoms with van der Waals surface area (Å²) in [7, 11) is -3.51. The molecule has 1 saturated heterocycles. The summed E-state index contributed by atoms with van der Waals surface area (Å²) in [4.78, 5) is 9.49. The summed E-state index contributed by atoms with van der Waals surface area (Å²) in [5, 5.41) is 3.89. The van der Waals surface area contributed by atoms with Gasteiger partial charge in [-0.05, 0) is 12.1 Å². The predicted octanol–water partition coefficient (Wildman–Crippen LogP) is -0.254. The fourth-order valence-electron chi connectivity index (χ4n) is 2.50. The molecule has 1 fully saturated rings. The third kappa shape index (κ3) is 3.24. The minimum Gasteiger partial charge on any atom is -0.345 e. The minimum atomic E-state index is -3.51. The quantitative estimate of drug-likeness (QED) is 0.708. The van der Waals surface area contributed by atoms with Crippen molar-refractivity contribution < 1.29 is 8.42 Å². The molecule has 7 nitrogen and oxygen atoms in total. The van der Waals surface area contributed by atoms with Crippen molar-refractivity contribution in [1.82, 2.24) is 24.9 Å². The topological polar surface area (TPSA) is 90.1 Å². The molecule has 2 aromatic heterocycles. The van der Waals surface area contributed by atoms with Crippen LogP contribution in [0.4, 0.5) is 0 Å². The average molecular weight is 309 g/mol. The van der Waals surface area contributed by atoms with Gasteiger partial charge in [0.2, 0.25) is 10.0 Å². The van der Waals surface area contributed by atoms with Gasteiger partial charge in [0, 0.05) is 57.0 Å². The van der Waals surface area contributed by atoms with Crippen LogP contribution in [0.2, 0.25) is 0 Å². The highest BCUT2D eigenvalue weighted by atomic mass is 32.2. The van der Waals surface area contributed by atoms with Crippen LogP contribution in [0.25, 0.3) is 11.0 Å². The largest absolute Gasteiger partial charge is 0.345 e. The Morgan fingerprint density at radius 2 is 2.14 bits per heavy atom. The molecule has 0 aliphatic carbocycles. The highest BCUT2D eigenvalue weighted by Gasteiger charge is 2.19. The second kappa shape index (κ2) is 6.10. The number of H-pyrrole nitrogens is 1. The maximum atomic E-state index is 12.4. The molecule has 1 aliphatic heterocycles. The van der Waals surface area contributed by atoms with E-state index in [2.05, 4.69) is 24.9 Å². The molecular formula is C13H19N5O2S. The lowest BCUT2D eigenvalue weighted by Gasteiger charge is -2.27. The highest BCUT2D eigenvalue weighted by Crippen LogP contribution is 2.20. The van der Waals surface area contributed by atoms with Gasteiger partial charge in [0.15, 0.2) is 0 Å². The lowest BCUT2D eigenvalue weighted by Crippen LogP contribution is -2.46. The molecular weight excluding hydrogens is 290 g/mol. The molecule has 3 rings (SSSR count). The van der Waals surface area contributed by atoms with Crippen molar-refractivity contribution in [2.75, 3.05) is 39.3 Å². The molecule has 0 atom stereocenters. The summed E-state index contributed by atoms with van der Waals surface area (Å²) in [5.74, 6) is 0. The third-order valence-electron chi connectivity index (χ3n) is 3.63. The molecule has 8 heteroatoms. The van der Waals surface area contributed by atoms with Gasteiger partial charge in [-0.15, -0.1) is 0 Å². The second-order valence-electron chi connectivity index (χ2n) is 5.04. The van der Waals surface area contributed by atoms with Crippen LogP contribution in [0.3, 0.4) is 0 Å². The standard InChI is InChI=1S/C13H19N5O2S/c19-21(20,17-6-9-18-7-4-14-5-8-18)12-10-16-13-11(12)2-1-3-15-13/h1-3,10,14,17H,4-9H2,(H,15,16). The first-order chi connectivity index (χ1) is 10.2. The summed E-state index contributed by atoms with van der Waals surface area (Å²) in [6.07, 6.45) is 3.12. The van der Waals surface area contributed by atoms with E-state index < -0.39 is 10.0 Å². The third-order valence-corrected chi connectivity index (χ3v) is 5.13. The van der Waals surface area contributed by atoms with Crippen LogP contribution in [-0.4, -0.2) is 62.6 Å². The van der Waals surface area contributed by atoms with Gasteiger partial charge in [-0.3, -0.25) is 4.90 Å². The lowest BCUT2D eigenvalue weighted by molar-refractivity contribution is 0.245. The zero-order chi connectivity index (χ0) is 14.7. The zero-order valence-electron chi connectivity index (χ0n) is 11.7. The Morgan fingerprint density at radius 1 is 1.33 bits per heavy atom. The SMILES string of the molecule is O=S(=O)(NCCN1CCNCC1)c1c[nH]c2ncccc12. The zero-order valence-corrected chi connectivity index (χ0v) is 12.5. The summed E-state index contributed by atoms with van der Waals surface area (Å²) < 4.78 is 27.4. The number of pyridine rings is 1. The van der Waals surface area contributed by atoms with E-state index in [0.29, 0.717) is 17.6 Å². The number of nitrogens with one attached hydrogen (secondary N) is 3. The molecule has 3 N–H and O–H groups in total. The molecule has 0 amide bonds. The number of fused-ring (bicyclic) bond motifs is 1. The van der Waals surface area contributed by atoms with E-state index in [1.54, 1.807) is 18.3 Å². The Bertz CT molecular complexity index is 706. The second-order valence-corrected chi connectivity index (χ2v) is 6.78. The van der Waals surface area contributed by atoms with Crippen molar-refractivity contribution in [2.45, 2.75) is 4.90 Å². The smallest absolute Gasteiger partial charge is 0.242 e. The number of nitrogens with zero attached hydrogens (tertiary/aromatic N) is 2. The van der Waals surface area contributed by atoms with Gasteiger partial charge in [0.1, 0.15) is 10.5 Å². The van der Waals surface area contributed by atoms with E-state index in [-0.39, 0.29) is 4.90 Å². The molecule has 0 spiro atoms. The number of hydrogen-bond acceptors (Lipinski definition) is 5. The number of piperazine rings is 1. The van der Waals surface area contributed by atoms with Crippen LogP contribution in [0.1, 0.15) is 0 Å². The fraction of sp³-hybridized carbons (Fsp3) is 0.462. The Kier molecular flexibility index (Phi) is 4.20. The molecule has 114 valence electrons. The van der Waals surface area contributed by atoms with Gasteiger partial charge in [0.25, 0.3) is 0 Å². The predicted molar refractivity (Wildman–Crippen MR) is 80.6 cm³/mol. The summed E-state index contributed by atoms with van der Waals surface area (Å²) in [6.45, 7) is 4.97. The lowest BCUT2D eigenvalue weighted by atomic mass is 10.3. The van der Waals surface area contributed by atoms with Crippen LogP contribution >= 0.6 is 0 Å². The van der Waals surface area contributed by atoms with Gasteiger partial charge < -0.3 is 10.3 Å². The van der Waals surface area contributed by atoms with Crippen molar-refractivity contribution in [3.63, 3.8) is 0 Å². The maximum Gasteiger partial charge on any atom is 0.242 e. The molecule has 0 aromatic carbocycles. The Labute approximate surface area is 123 Å². The van der Waals surface area contributed by atoms with Gasteiger partial charge in [-0.1, -0.05) is 0 Å². The van der Waals surface area contributed by atoms with Gasteiger partial charge >= 0.3 is 0 Å². The van der Waals surface area contributed by atoms with Crippen LogP contribution in [0.15, 0.2) is 29.4 Å². The molecule has 3 heterocycles. The molecule has 2 aromatic rings. The number of sulfonamides is 1. The molecule has 21 heavy (non-hydrogen) atoms. The molecule has 0 saturated carbocycles. The normalized spacial score (nSPS) is 17.3. The van der Waals surface area contributed by atoms with E-state index in [0.717, 1.165) is 32.7 Å². The molecule has 0 unspecified atom stereocenters. The maximum absolute atomic E-state index is 12.4. The summed E-state index contributed by atoms with van der Waals surface area (Å²) in [6, 6.07) is 3.49. The first-order valence-electron chi connectivity index (χ1n) is 7.02. The van der Waals surface area contributed by atoms with Crippen LogP contribution < -0.4 is 10.0 Å². The van der Waals surface area contributed by atoms with Crippen molar-refractivity contribution in [2.24, 2.45) is 0 Å². The van der Waals surface area contributed by atoms with Crippen LogP contribution in [0, 0.1) is 0 Å². The van der Waals surface area contributed by atoms with Gasteiger partial charge in [-0.25, -0.2) is 18.1 Å². The number of aromatic amines is 1. The Balaban J connectivity index is 1.66. The first-order valence-corrected chi connectivity index (χ1v) is 8.50.